The van der Waals surface area contributed by atoms with Crippen LogP contribution in [0.4, 0.5) is 0 Å². The van der Waals surface area contributed by atoms with Gasteiger partial charge in [0, 0.05) is 5.41 Å². The lowest BCUT2D eigenvalue weighted by atomic mass is 9.33. The molecule has 0 radical (unpaired) electrons. The van der Waals surface area contributed by atoms with Crippen molar-refractivity contribution in [3.63, 3.8) is 0 Å². The van der Waals surface area contributed by atoms with Crippen molar-refractivity contribution < 1.29 is 119 Å². The average molecular weight is 1110 g/mol. The minimum Gasteiger partial charge on any atom is -0.479 e. The Morgan fingerprint density at radius 1 is 0.610 bits per heavy atom. The van der Waals surface area contributed by atoms with Crippen LogP contribution in [0.1, 0.15) is 106 Å². The third-order valence-electron chi connectivity index (χ3n) is 21.1. The molecule has 0 spiro atoms. The maximum absolute atomic E-state index is 14.8. The molecule has 4 saturated heterocycles. The molecule has 24 nitrogen and oxygen atoms in total. The zero-order valence-electron chi connectivity index (χ0n) is 44.6. The van der Waals surface area contributed by atoms with Crippen molar-refractivity contribution in [3.05, 3.63) is 11.6 Å². The Hall–Kier alpha value is -2.12. The third-order valence-corrected chi connectivity index (χ3v) is 21.1. The topological polar surface area (TPSA) is 391 Å². The van der Waals surface area contributed by atoms with E-state index in [1.54, 1.807) is 0 Å². The van der Waals surface area contributed by atoms with E-state index in [0.29, 0.717) is 57.8 Å². The van der Waals surface area contributed by atoms with Gasteiger partial charge in [-0.2, -0.15) is 0 Å². The van der Waals surface area contributed by atoms with Gasteiger partial charge < -0.3 is 109 Å². The van der Waals surface area contributed by atoms with Gasteiger partial charge in [-0.15, -0.1) is 0 Å². The first-order valence-electron chi connectivity index (χ1n) is 27.4. The van der Waals surface area contributed by atoms with Gasteiger partial charge in [-0.1, -0.05) is 53.2 Å². The van der Waals surface area contributed by atoms with E-state index in [9.17, 15) is 81.1 Å². The Bertz CT molecular complexity index is 2160. The SMILES string of the molecule is CC1(C)CC[C@]2(C(=O)O[C@@H]3O[C@H](CO)[C@@H](O)[C@H](O)[C@H]3O)CC[C@]3(C)C(=CC[C@@H]4[C@@]5(C)CC[C@H](O[C@@H]6O[C@H](C(=O)O)[C@@H](O[C@@H]7O[C@H](CO)[C@@H](O)[C@H](O)[C@H]7O)[C@H](O)[C@H]6O[C@@H]6OC[C@@H](O)[C@H](O)[C@H]6O)[C@@](C)(CO)[C@@H]5CC[C@]43C)[C@@H]2C1. The van der Waals surface area contributed by atoms with Gasteiger partial charge in [0.25, 0.3) is 0 Å². The van der Waals surface area contributed by atoms with Crippen LogP contribution in [-0.4, -0.2) is 233 Å². The summed E-state index contributed by atoms with van der Waals surface area (Å²) in [6.45, 7) is 10.7. The molecular weight excluding hydrogens is 1020 g/mol. The molecule has 14 N–H and O–H groups in total. The Morgan fingerprint density at radius 2 is 1.21 bits per heavy atom. The van der Waals surface area contributed by atoms with Crippen LogP contribution in [0.25, 0.3) is 0 Å². The van der Waals surface area contributed by atoms with Crippen molar-refractivity contribution >= 4 is 11.9 Å². The van der Waals surface area contributed by atoms with Gasteiger partial charge in [-0.25, -0.2) is 4.79 Å². The number of allylic oxidation sites excluding steroid dienone is 2. The molecular formula is C53H84O24. The molecule has 4 saturated carbocycles. The second kappa shape index (κ2) is 21.6. The number of fused-ring (bicyclic) bond motifs is 7. The van der Waals surface area contributed by atoms with Crippen LogP contribution >= 0.6 is 0 Å². The number of carboxylic acid groups (broad SMARTS) is 1. The summed E-state index contributed by atoms with van der Waals surface area (Å²) in [5.74, 6) is -2.65. The monoisotopic (exact) mass is 1100 g/mol. The van der Waals surface area contributed by atoms with Crippen LogP contribution in [0.2, 0.25) is 0 Å². The Labute approximate surface area is 446 Å². The van der Waals surface area contributed by atoms with Gasteiger partial charge in [0.1, 0.15) is 85.5 Å². The van der Waals surface area contributed by atoms with Crippen LogP contribution in [0.5, 0.6) is 0 Å². The van der Waals surface area contributed by atoms with Crippen LogP contribution < -0.4 is 0 Å². The lowest BCUT2D eigenvalue weighted by Gasteiger charge is -2.71. The number of esters is 1. The molecule has 9 aliphatic rings. The molecule has 5 aliphatic carbocycles. The molecule has 4 aliphatic heterocycles. The number of carbonyl (C=O) groups is 2. The van der Waals surface area contributed by atoms with Crippen LogP contribution in [-0.2, 0) is 47.5 Å². The van der Waals surface area contributed by atoms with Gasteiger partial charge >= 0.3 is 11.9 Å². The van der Waals surface area contributed by atoms with Crippen molar-refractivity contribution in [3.8, 4) is 0 Å². The second-order valence-corrected chi connectivity index (χ2v) is 25.7. The molecule has 24 heteroatoms. The van der Waals surface area contributed by atoms with Crippen LogP contribution in [0, 0.1) is 50.2 Å². The normalized spacial score (nSPS) is 53.6. The van der Waals surface area contributed by atoms with Gasteiger partial charge in [-0.05, 0) is 104 Å². The summed E-state index contributed by atoms with van der Waals surface area (Å²) in [6, 6.07) is 0. The molecule has 440 valence electrons. The number of hydrogen-bond donors (Lipinski definition) is 14. The summed E-state index contributed by atoms with van der Waals surface area (Å²) in [5.41, 5.74) is -2.18. The number of rotatable bonds is 12. The fourth-order valence-electron chi connectivity index (χ4n) is 16.2. The van der Waals surface area contributed by atoms with Crippen molar-refractivity contribution in [2.24, 2.45) is 50.2 Å². The minimum absolute atomic E-state index is 0.0479. The molecule has 0 unspecified atom stereocenters. The molecule has 0 aromatic carbocycles. The summed E-state index contributed by atoms with van der Waals surface area (Å²) < 4.78 is 47.5. The summed E-state index contributed by atoms with van der Waals surface area (Å²) in [4.78, 5) is 27.8. The maximum Gasteiger partial charge on any atom is 0.335 e. The number of aliphatic hydroxyl groups is 13. The summed E-state index contributed by atoms with van der Waals surface area (Å²) >= 11 is 0. The second-order valence-electron chi connectivity index (χ2n) is 25.7. The standard InChI is InChI=1S/C53H84O24/c1-48(2)13-15-53(47(69)77-45-37(65)34(62)32(60)26(19-55)72-45)16-14-51(5)22(23(53)17-48)7-8-28-49(3)11-10-29(50(4,21-56)27(49)9-12-52(28,51)6)73-46-40(75-43-35(63)30(58)24(57)20-70-43)38(66)39(41(76-46)42(67)68)74-44-36(64)33(61)31(59)25(18-54)71-44/h7,23-41,43-46,54-66H,8-21H2,1-6H3,(H,67,68)/t23-,24+,25+,26+,27+,28+,29-,30-,31+,32+,33-,34-,35+,36+,37+,38-,39-,40+,41-,43-,44-,45-,46+,49-,50-,51+,52+,53-/m0/s1. The maximum atomic E-state index is 14.8. The molecule has 0 amide bonds. The summed E-state index contributed by atoms with van der Waals surface area (Å²) in [7, 11) is 0. The van der Waals surface area contributed by atoms with E-state index < -0.39 is 183 Å². The number of aliphatic carboxylic acids is 1. The highest BCUT2D eigenvalue weighted by atomic mass is 16.8. The Kier molecular flexibility index (Phi) is 16.7. The highest BCUT2D eigenvalue weighted by Crippen LogP contribution is 2.76. The molecule has 0 bridgehead atoms. The minimum atomic E-state index is -2.10. The average Bonchev–Trinajstić information content (AvgIpc) is 3.55. The van der Waals surface area contributed by atoms with E-state index in [1.165, 1.54) is 5.57 Å². The fraction of sp³-hybridized carbons (Fsp3) is 0.925. The van der Waals surface area contributed by atoms with Gasteiger partial charge in [0.05, 0.1) is 37.9 Å². The van der Waals surface area contributed by atoms with Crippen LogP contribution in [0.3, 0.4) is 0 Å². The molecule has 9 rings (SSSR count). The third kappa shape index (κ3) is 9.65. The van der Waals surface area contributed by atoms with Crippen molar-refractivity contribution in [2.75, 3.05) is 26.4 Å². The van der Waals surface area contributed by atoms with Gasteiger partial charge in [-0.3, -0.25) is 4.79 Å². The van der Waals surface area contributed by atoms with Gasteiger partial charge in [0.15, 0.2) is 25.0 Å². The van der Waals surface area contributed by atoms with E-state index in [0.717, 1.165) is 6.42 Å². The summed E-state index contributed by atoms with van der Waals surface area (Å²) in [5, 5.41) is 150. The first kappa shape index (κ1) is 59.5. The smallest absolute Gasteiger partial charge is 0.335 e. The Balaban J connectivity index is 0.991. The number of aliphatic hydroxyl groups excluding tert-OH is 13. The van der Waals surface area contributed by atoms with Crippen molar-refractivity contribution in [1.29, 1.82) is 0 Å². The zero-order valence-corrected chi connectivity index (χ0v) is 44.6. The van der Waals surface area contributed by atoms with Crippen molar-refractivity contribution in [1.82, 2.24) is 0 Å². The first-order chi connectivity index (χ1) is 36.1. The number of carbonyl (C=O) groups excluding carboxylic acids is 1. The zero-order chi connectivity index (χ0) is 56.3. The molecule has 0 aromatic heterocycles. The van der Waals surface area contributed by atoms with Crippen LogP contribution in [0.15, 0.2) is 11.6 Å². The number of ether oxygens (including phenoxy) is 8. The van der Waals surface area contributed by atoms with E-state index in [1.807, 2.05) is 6.92 Å². The Morgan fingerprint density at radius 3 is 1.83 bits per heavy atom. The lowest BCUT2D eigenvalue weighted by Crippen LogP contribution is -2.68. The van der Waals surface area contributed by atoms with E-state index in [-0.39, 0.29) is 28.6 Å². The van der Waals surface area contributed by atoms with Crippen molar-refractivity contribution in [2.45, 2.75) is 229 Å². The first-order valence-corrected chi connectivity index (χ1v) is 27.4. The highest BCUT2D eigenvalue weighted by molar-refractivity contribution is 5.79. The lowest BCUT2D eigenvalue weighted by molar-refractivity contribution is -0.387. The molecule has 8 fully saturated rings. The quantitative estimate of drug-likeness (QED) is 0.0554. The fourth-order valence-corrected chi connectivity index (χ4v) is 16.2. The largest absolute Gasteiger partial charge is 0.479 e. The number of carboxylic acids is 1. The molecule has 28 atom stereocenters. The summed E-state index contributed by atoms with van der Waals surface area (Å²) in [6.07, 6.45) is -26.6. The van der Waals surface area contributed by atoms with Gasteiger partial charge in [0.2, 0.25) is 6.29 Å². The van der Waals surface area contributed by atoms with E-state index in [4.69, 9.17) is 37.9 Å². The van der Waals surface area contributed by atoms with E-state index in [2.05, 4.69) is 40.7 Å². The molecule has 77 heavy (non-hydrogen) atoms. The van der Waals surface area contributed by atoms with E-state index >= 15 is 0 Å². The highest BCUT2D eigenvalue weighted by Gasteiger charge is 2.71. The predicted octanol–water partition coefficient (Wildman–Crippen LogP) is -2.33. The molecule has 4 heterocycles. The predicted molar refractivity (Wildman–Crippen MR) is 259 cm³/mol. The molecule has 0 aromatic rings. The number of hydrogen-bond acceptors (Lipinski definition) is 23.